The molecule has 2 saturated carbocycles. The standard InChI is InChI=1S/C12H22OS/c13-11-7-3-4-8-12(11)14-9-10-5-1-2-6-10/h10-13H,1-9H2/t11-,12-/m0/s1. The van der Waals surface area contributed by atoms with Crippen molar-refractivity contribution in [1.82, 2.24) is 0 Å². The van der Waals surface area contributed by atoms with Crippen molar-refractivity contribution in [2.24, 2.45) is 5.92 Å². The van der Waals surface area contributed by atoms with Crippen molar-refractivity contribution in [3.05, 3.63) is 0 Å². The van der Waals surface area contributed by atoms with Crippen molar-refractivity contribution in [3.63, 3.8) is 0 Å². The molecular weight excluding hydrogens is 192 g/mol. The Morgan fingerprint density at radius 1 is 0.929 bits per heavy atom. The molecule has 2 rings (SSSR count). The highest BCUT2D eigenvalue weighted by molar-refractivity contribution is 7.99. The lowest BCUT2D eigenvalue weighted by Gasteiger charge is -2.27. The highest BCUT2D eigenvalue weighted by Gasteiger charge is 2.25. The van der Waals surface area contributed by atoms with Crippen molar-refractivity contribution in [3.8, 4) is 0 Å². The summed E-state index contributed by atoms with van der Waals surface area (Å²) >= 11 is 2.05. The molecule has 0 aliphatic heterocycles. The second-order valence-electron chi connectivity index (χ2n) is 4.87. The fourth-order valence-corrected chi connectivity index (χ4v) is 4.25. The molecule has 0 amide bonds. The Bertz CT molecular complexity index is 166. The van der Waals surface area contributed by atoms with E-state index < -0.39 is 0 Å². The molecule has 0 unspecified atom stereocenters. The molecule has 1 nitrogen and oxygen atoms in total. The molecule has 1 N–H and O–H groups in total. The molecule has 2 atom stereocenters. The van der Waals surface area contributed by atoms with Crippen LogP contribution in [0.15, 0.2) is 0 Å². The SMILES string of the molecule is O[C@H]1CCCC[C@@H]1SCC1CCCC1. The molecule has 2 heteroatoms. The van der Waals surface area contributed by atoms with Crippen LogP contribution >= 0.6 is 11.8 Å². The third kappa shape index (κ3) is 2.90. The lowest BCUT2D eigenvalue weighted by Crippen LogP contribution is -2.27. The zero-order valence-electron chi connectivity index (χ0n) is 8.95. The van der Waals surface area contributed by atoms with Gasteiger partial charge in [0.05, 0.1) is 6.10 Å². The highest BCUT2D eigenvalue weighted by atomic mass is 32.2. The van der Waals surface area contributed by atoms with Crippen LogP contribution in [0, 0.1) is 5.92 Å². The zero-order chi connectivity index (χ0) is 9.80. The van der Waals surface area contributed by atoms with E-state index in [1.165, 1.54) is 50.7 Å². The van der Waals surface area contributed by atoms with E-state index in [1.54, 1.807) is 0 Å². The molecule has 0 saturated heterocycles. The van der Waals surface area contributed by atoms with Gasteiger partial charge in [0.15, 0.2) is 0 Å². The summed E-state index contributed by atoms with van der Waals surface area (Å²) in [6.45, 7) is 0. The van der Waals surface area contributed by atoms with Crippen LogP contribution in [0.2, 0.25) is 0 Å². The lowest BCUT2D eigenvalue weighted by atomic mass is 9.97. The first-order valence-electron chi connectivity index (χ1n) is 6.16. The van der Waals surface area contributed by atoms with E-state index in [0.29, 0.717) is 5.25 Å². The van der Waals surface area contributed by atoms with E-state index in [-0.39, 0.29) is 6.10 Å². The third-order valence-electron chi connectivity index (χ3n) is 3.69. The van der Waals surface area contributed by atoms with Gasteiger partial charge >= 0.3 is 0 Å². The van der Waals surface area contributed by atoms with Gasteiger partial charge < -0.3 is 5.11 Å². The van der Waals surface area contributed by atoms with E-state index in [1.807, 2.05) is 0 Å². The first-order valence-corrected chi connectivity index (χ1v) is 7.21. The predicted molar refractivity (Wildman–Crippen MR) is 62.7 cm³/mol. The molecule has 14 heavy (non-hydrogen) atoms. The number of aliphatic hydroxyl groups excluding tert-OH is 1. The molecule has 82 valence electrons. The fourth-order valence-electron chi connectivity index (χ4n) is 2.71. The molecule has 0 aromatic rings. The minimum Gasteiger partial charge on any atom is -0.392 e. The summed E-state index contributed by atoms with van der Waals surface area (Å²) in [5.74, 6) is 2.27. The first kappa shape index (κ1) is 10.8. The molecule has 2 aliphatic carbocycles. The van der Waals surface area contributed by atoms with Crippen LogP contribution < -0.4 is 0 Å². The largest absolute Gasteiger partial charge is 0.392 e. The van der Waals surface area contributed by atoms with Crippen molar-refractivity contribution in [2.45, 2.75) is 62.7 Å². The van der Waals surface area contributed by atoms with Crippen molar-refractivity contribution in [2.75, 3.05) is 5.75 Å². The van der Waals surface area contributed by atoms with Crippen LogP contribution in [-0.4, -0.2) is 22.2 Å². The topological polar surface area (TPSA) is 20.2 Å². The Morgan fingerprint density at radius 3 is 2.29 bits per heavy atom. The Balaban J connectivity index is 1.67. The quantitative estimate of drug-likeness (QED) is 0.778. The maximum atomic E-state index is 9.82. The average Bonchev–Trinajstić information content (AvgIpc) is 2.69. The van der Waals surface area contributed by atoms with Crippen LogP contribution in [0.3, 0.4) is 0 Å². The van der Waals surface area contributed by atoms with Crippen molar-refractivity contribution < 1.29 is 5.11 Å². The predicted octanol–water partition coefficient (Wildman–Crippen LogP) is 3.21. The fraction of sp³-hybridized carbons (Fsp3) is 1.00. The van der Waals surface area contributed by atoms with Gasteiger partial charge in [0.2, 0.25) is 0 Å². The summed E-state index contributed by atoms with van der Waals surface area (Å²) in [6, 6.07) is 0. The van der Waals surface area contributed by atoms with E-state index in [4.69, 9.17) is 0 Å². The molecule has 0 heterocycles. The second kappa shape index (κ2) is 5.41. The number of rotatable bonds is 3. The molecule has 2 aliphatic rings. The van der Waals surface area contributed by atoms with E-state index in [9.17, 15) is 5.11 Å². The average molecular weight is 214 g/mol. The summed E-state index contributed by atoms with van der Waals surface area (Å²) in [5, 5.41) is 10.4. The zero-order valence-corrected chi connectivity index (χ0v) is 9.77. The smallest absolute Gasteiger partial charge is 0.0658 e. The summed E-state index contributed by atoms with van der Waals surface area (Å²) in [5.41, 5.74) is 0. The van der Waals surface area contributed by atoms with Gasteiger partial charge in [-0.05, 0) is 37.4 Å². The van der Waals surface area contributed by atoms with Gasteiger partial charge in [-0.15, -0.1) is 0 Å². The summed E-state index contributed by atoms with van der Waals surface area (Å²) in [4.78, 5) is 0. The Kier molecular flexibility index (Phi) is 4.18. The molecule has 0 radical (unpaired) electrons. The summed E-state index contributed by atoms with van der Waals surface area (Å²) in [7, 11) is 0. The van der Waals surface area contributed by atoms with Crippen molar-refractivity contribution >= 4 is 11.8 Å². The van der Waals surface area contributed by atoms with Gasteiger partial charge in [-0.25, -0.2) is 0 Å². The van der Waals surface area contributed by atoms with Gasteiger partial charge in [-0.3, -0.25) is 0 Å². The molecule has 0 aromatic heterocycles. The van der Waals surface area contributed by atoms with Crippen LogP contribution in [0.4, 0.5) is 0 Å². The Hall–Kier alpha value is 0.310. The van der Waals surface area contributed by atoms with E-state index in [2.05, 4.69) is 11.8 Å². The Morgan fingerprint density at radius 2 is 1.57 bits per heavy atom. The third-order valence-corrected chi connectivity index (χ3v) is 5.33. The molecule has 2 fully saturated rings. The minimum absolute atomic E-state index is 0.00449. The van der Waals surface area contributed by atoms with Gasteiger partial charge in [0.1, 0.15) is 0 Å². The molecule has 0 bridgehead atoms. The van der Waals surface area contributed by atoms with Crippen molar-refractivity contribution in [1.29, 1.82) is 0 Å². The normalized spacial score (nSPS) is 34.9. The molecular formula is C12H22OS. The second-order valence-corrected chi connectivity index (χ2v) is 6.15. The van der Waals surface area contributed by atoms with Crippen LogP contribution in [0.25, 0.3) is 0 Å². The van der Waals surface area contributed by atoms with E-state index in [0.717, 1.165) is 12.3 Å². The number of aliphatic hydroxyl groups is 1. The van der Waals surface area contributed by atoms with Gasteiger partial charge in [0.25, 0.3) is 0 Å². The highest BCUT2D eigenvalue weighted by Crippen LogP contribution is 2.34. The minimum atomic E-state index is -0.00449. The van der Waals surface area contributed by atoms with Gasteiger partial charge in [0, 0.05) is 5.25 Å². The summed E-state index contributed by atoms with van der Waals surface area (Å²) in [6.07, 6.45) is 10.6. The monoisotopic (exact) mass is 214 g/mol. The van der Waals surface area contributed by atoms with Crippen LogP contribution in [0.1, 0.15) is 51.4 Å². The number of hydrogen-bond acceptors (Lipinski definition) is 2. The maximum absolute atomic E-state index is 9.82. The van der Waals surface area contributed by atoms with Crippen LogP contribution in [-0.2, 0) is 0 Å². The molecule has 0 spiro atoms. The number of thioether (sulfide) groups is 1. The maximum Gasteiger partial charge on any atom is 0.0658 e. The van der Waals surface area contributed by atoms with Gasteiger partial charge in [-0.1, -0.05) is 25.7 Å². The Labute approximate surface area is 91.7 Å². The van der Waals surface area contributed by atoms with Gasteiger partial charge in [-0.2, -0.15) is 11.8 Å². The first-order chi connectivity index (χ1) is 6.86. The lowest BCUT2D eigenvalue weighted by molar-refractivity contribution is 0.137. The van der Waals surface area contributed by atoms with E-state index >= 15 is 0 Å². The van der Waals surface area contributed by atoms with Crippen LogP contribution in [0.5, 0.6) is 0 Å². The number of hydrogen-bond donors (Lipinski definition) is 1. The molecule has 0 aromatic carbocycles. The summed E-state index contributed by atoms with van der Waals surface area (Å²) < 4.78 is 0.